The average Bonchev–Trinajstić information content (AvgIpc) is 3.53. The summed E-state index contributed by atoms with van der Waals surface area (Å²) < 4.78 is 1.72. The number of fused-ring (bicyclic) bond motifs is 1. The zero-order valence-corrected chi connectivity index (χ0v) is 19.9. The number of nitrogens with one attached hydrogen (secondary N) is 2. The number of nitrogens with zero attached hydrogens (tertiary/aromatic N) is 2. The molecule has 1 amide bonds. The Morgan fingerprint density at radius 1 is 1.11 bits per heavy atom. The van der Waals surface area contributed by atoms with Gasteiger partial charge >= 0.3 is 0 Å². The quantitative estimate of drug-likeness (QED) is 0.305. The summed E-state index contributed by atoms with van der Waals surface area (Å²) in [6.07, 6.45) is 10.1. The molecule has 0 atom stereocenters. The molecule has 1 aliphatic rings. The number of anilines is 1. The Balaban J connectivity index is 0.00000320. The lowest BCUT2D eigenvalue weighted by Gasteiger charge is -2.07. The molecule has 2 aromatic carbocycles. The fraction of sp³-hybridized carbons (Fsp3) is 0.207. The molecule has 184 valence electrons. The number of unbranched alkanes of at least 4 members (excludes halogenated alkanes) is 1. The van der Waals surface area contributed by atoms with Crippen LogP contribution in [-0.4, -0.2) is 32.4 Å². The number of hydrogen-bond acceptors (Lipinski definition) is 4. The molecule has 3 N–H and O–H groups in total. The second kappa shape index (κ2) is 10.6. The molecule has 0 aliphatic heterocycles. The minimum Gasteiger partial charge on any atom is -0.396 e. The highest BCUT2D eigenvalue weighted by Gasteiger charge is 2.18. The van der Waals surface area contributed by atoms with Gasteiger partial charge in [0.1, 0.15) is 0 Å². The maximum Gasteiger partial charge on any atom is 0.258 e. The number of allylic oxidation sites excluding steroid dienone is 1. The molecule has 0 bridgehead atoms. The number of carbonyl (C=O) groups is 1. The van der Waals surface area contributed by atoms with E-state index in [1.165, 1.54) is 17.3 Å². The number of pyridine rings is 1. The van der Waals surface area contributed by atoms with Crippen LogP contribution in [-0.2, 0) is 19.4 Å². The van der Waals surface area contributed by atoms with E-state index in [1.807, 2.05) is 30.3 Å². The molecule has 36 heavy (non-hydrogen) atoms. The van der Waals surface area contributed by atoms with Crippen LogP contribution in [0, 0.1) is 0 Å². The van der Waals surface area contributed by atoms with E-state index in [4.69, 9.17) is 5.11 Å². The van der Waals surface area contributed by atoms with Crippen molar-refractivity contribution in [3.05, 3.63) is 117 Å². The van der Waals surface area contributed by atoms with E-state index in [2.05, 4.69) is 39.7 Å². The Kier molecular flexibility index (Phi) is 6.91. The Labute approximate surface area is 210 Å². The maximum absolute atomic E-state index is 12.8. The van der Waals surface area contributed by atoms with Crippen molar-refractivity contribution in [2.75, 3.05) is 11.9 Å². The molecule has 0 radical (unpaired) electrons. The molecule has 5 rings (SSSR count). The first-order valence-corrected chi connectivity index (χ1v) is 12.1. The van der Waals surface area contributed by atoms with Crippen LogP contribution in [0.25, 0.3) is 11.6 Å². The van der Waals surface area contributed by atoms with Crippen LogP contribution in [0.2, 0.25) is 0 Å². The van der Waals surface area contributed by atoms with Gasteiger partial charge in [-0.05, 0) is 59.6 Å². The third-order valence-electron chi connectivity index (χ3n) is 6.38. The van der Waals surface area contributed by atoms with Crippen LogP contribution < -0.4 is 10.9 Å². The van der Waals surface area contributed by atoms with Gasteiger partial charge in [-0.1, -0.05) is 54.6 Å². The highest BCUT2D eigenvalue weighted by atomic mass is 16.3. The largest absolute Gasteiger partial charge is 0.396 e. The monoisotopic (exact) mass is 482 g/mol. The molecule has 0 saturated heterocycles. The lowest BCUT2D eigenvalue weighted by Crippen LogP contribution is -2.16. The van der Waals surface area contributed by atoms with Gasteiger partial charge in [0.05, 0.1) is 24.0 Å². The maximum atomic E-state index is 12.8. The third-order valence-corrected chi connectivity index (χ3v) is 6.38. The van der Waals surface area contributed by atoms with Crippen LogP contribution in [0.3, 0.4) is 0 Å². The van der Waals surface area contributed by atoms with E-state index in [9.17, 15) is 9.59 Å². The summed E-state index contributed by atoms with van der Waals surface area (Å²) in [5.74, 6) is -0.288. The summed E-state index contributed by atoms with van der Waals surface area (Å²) in [4.78, 5) is 28.2. The number of amides is 1. The molecule has 4 aromatic rings. The van der Waals surface area contributed by atoms with Crippen LogP contribution in [0.4, 0.5) is 5.69 Å². The predicted octanol–water partition coefficient (Wildman–Crippen LogP) is 4.53. The molecule has 7 heteroatoms. The van der Waals surface area contributed by atoms with Gasteiger partial charge in [0.15, 0.2) is 0 Å². The van der Waals surface area contributed by atoms with E-state index in [0.29, 0.717) is 29.8 Å². The number of H-pyrrole nitrogens is 1. The number of aliphatic hydroxyl groups excluding tert-OH is 1. The summed E-state index contributed by atoms with van der Waals surface area (Å²) in [5.41, 5.74) is 6.86. The van der Waals surface area contributed by atoms with Crippen molar-refractivity contribution in [3.8, 4) is 0 Å². The van der Waals surface area contributed by atoms with Crippen molar-refractivity contribution in [1.29, 1.82) is 0 Å². The van der Waals surface area contributed by atoms with Gasteiger partial charge < -0.3 is 15.4 Å². The number of aliphatic hydroxyl groups is 1. The van der Waals surface area contributed by atoms with Gasteiger partial charge in [-0.25, -0.2) is 0 Å². The molecule has 0 fully saturated rings. The first-order chi connectivity index (χ1) is 17.6. The van der Waals surface area contributed by atoms with Crippen LogP contribution in [0.1, 0.15) is 52.4 Å². The Hall–Kier alpha value is -4.23. The van der Waals surface area contributed by atoms with Crippen molar-refractivity contribution in [2.24, 2.45) is 0 Å². The van der Waals surface area contributed by atoms with Crippen molar-refractivity contribution < 1.29 is 11.3 Å². The third kappa shape index (κ3) is 5.37. The lowest BCUT2D eigenvalue weighted by molar-refractivity contribution is 0.102. The normalized spacial score (nSPS) is 12.3. The van der Waals surface area contributed by atoms with Gasteiger partial charge in [0.25, 0.3) is 11.5 Å². The second-order valence-electron chi connectivity index (χ2n) is 9.06. The van der Waals surface area contributed by atoms with E-state index in [1.54, 1.807) is 23.1 Å². The zero-order chi connectivity index (χ0) is 24.9. The predicted molar refractivity (Wildman–Crippen MR) is 143 cm³/mol. The van der Waals surface area contributed by atoms with E-state index >= 15 is 0 Å². The number of aromatic nitrogens is 3. The minimum absolute atomic E-state index is 0. The van der Waals surface area contributed by atoms with Crippen LogP contribution >= 0.6 is 0 Å². The number of carbonyl (C=O) groups excluding carboxylic acids is 1. The fourth-order valence-corrected chi connectivity index (χ4v) is 4.49. The van der Waals surface area contributed by atoms with Gasteiger partial charge in [-0.15, -0.1) is 0 Å². The highest BCUT2D eigenvalue weighted by Crippen LogP contribution is 2.32. The second-order valence-corrected chi connectivity index (χ2v) is 9.06. The van der Waals surface area contributed by atoms with Crippen molar-refractivity contribution in [3.63, 3.8) is 0 Å². The van der Waals surface area contributed by atoms with E-state index in [0.717, 1.165) is 36.0 Å². The van der Waals surface area contributed by atoms with Gasteiger partial charge in [-0.3, -0.25) is 14.3 Å². The van der Waals surface area contributed by atoms with Gasteiger partial charge in [-0.2, -0.15) is 5.10 Å². The SMILES string of the molecule is O=C(Nc1c[nH]c(=O)c(C2=Cc3cc(CCCCO)ccc3C2)c1)c1cnn(Cc2ccccc2)c1.[HH]. The molecule has 1 aliphatic carbocycles. The van der Waals surface area contributed by atoms with E-state index in [-0.39, 0.29) is 19.5 Å². The van der Waals surface area contributed by atoms with Gasteiger partial charge in [0, 0.05) is 26.0 Å². The first-order valence-electron chi connectivity index (χ1n) is 12.1. The Bertz CT molecular complexity index is 1470. The fourth-order valence-electron chi connectivity index (χ4n) is 4.49. The molecule has 2 heterocycles. The highest BCUT2D eigenvalue weighted by molar-refractivity contribution is 6.04. The smallest absolute Gasteiger partial charge is 0.258 e. The van der Waals surface area contributed by atoms with Crippen LogP contribution in [0.15, 0.2) is 78.0 Å². The van der Waals surface area contributed by atoms with Crippen molar-refractivity contribution in [1.82, 2.24) is 14.8 Å². The van der Waals surface area contributed by atoms with Crippen molar-refractivity contribution in [2.45, 2.75) is 32.2 Å². The zero-order valence-electron chi connectivity index (χ0n) is 19.9. The number of rotatable bonds is 9. The van der Waals surface area contributed by atoms with Gasteiger partial charge in [0.2, 0.25) is 0 Å². The minimum atomic E-state index is -0.288. The number of aryl methyl sites for hydroxylation is 1. The number of hydrogen-bond donors (Lipinski definition) is 3. The Morgan fingerprint density at radius 2 is 1.97 bits per heavy atom. The van der Waals surface area contributed by atoms with Crippen molar-refractivity contribution >= 4 is 23.2 Å². The topological polar surface area (TPSA) is 100 Å². The molecule has 7 nitrogen and oxygen atoms in total. The number of aromatic amines is 1. The molecule has 2 aromatic heterocycles. The first kappa shape index (κ1) is 23.5. The van der Waals surface area contributed by atoms with Crippen LogP contribution in [0.5, 0.6) is 0 Å². The Morgan fingerprint density at radius 3 is 2.81 bits per heavy atom. The average molecular weight is 483 g/mol. The molecule has 0 saturated carbocycles. The summed E-state index contributed by atoms with van der Waals surface area (Å²) in [6, 6.07) is 18.0. The summed E-state index contributed by atoms with van der Waals surface area (Å²) in [5, 5.41) is 16.2. The standard InChI is InChI=1S/C29H28N4O3.H2/c34-11-5-4-6-20-9-10-22-13-24(14-23(22)12-20)27-15-26(17-30-29(27)36)32-28(35)25-16-31-33(19-25)18-21-7-2-1-3-8-21;/h1-3,7-10,12,14-17,19,34H,4-6,11,13,18H2,(H,30,36)(H,32,35);1H. The molecular weight excluding hydrogens is 452 g/mol. The summed E-state index contributed by atoms with van der Waals surface area (Å²) in [6.45, 7) is 0.787. The summed E-state index contributed by atoms with van der Waals surface area (Å²) >= 11 is 0. The molecular formula is C29H30N4O3. The number of benzene rings is 2. The lowest BCUT2D eigenvalue weighted by atomic mass is 10.0. The summed E-state index contributed by atoms with van der Waals surface area (Å²) in [7, 11) is 0. The molecule has 0 unspecified atom stereocenters. The van der Waals surface area contributed by atoms with E-state index < -0.39 is 0 Å². The molecule has 0 spiro atoms.